The number of alkyl carbamates (subject to hydrolysis) is 2. The number of carbonyl (C=O) groups excluding carboxylic acids is 4. The van der Waals surface area contributed by atoms with Gasteiger partial charge in [-0.05, 0) is 82.5 Å². The van der Waals surface area contributed by atoms with Gasteiger partial charge in [0.1, 0.15) is 36.1 Å². The number of methoxy groups -OCH3 is 2. The molecule has 0 radical (unpaired) electrons. The Morgan fingerprint density at radius 3 is 2.21 bits per heavy atom. The number of aromatic nitrogens is 4. The second kappa shape index (κ2) is 16.8. The molecule has 6 unspecified atom stereocenters. The Bertz CT molecular complexity index is 2730. The van der Waals surface area contributed by atoms with Gasteiger partial charge in [0, 0.05) is 24.0 Å². The summed E-state index contributed by atoms with van der Waals surface area (Å²) < 4.78 is 16.1. The first-order chi connectivity index (χ1) is 30.4. The van der Waals surface area contributed by atoms with Crippen molar-refractivity contribution in [3.8, 4) is 28.1 Å². The number of benzene rings is 4. The third kappa shape index (κ3) is 7.80. The highest BCUT2D eigenvalue weighted by atomic mass is 16.5. The molecule has 63 heavy (non-hydrogen) atoms. The highest BCUT2D eigenvalue weighted by Gasteiger charge is 2.41. The summed E-state index contributed by atoms with van der Waals surface area (Å²) in [6.07, 6.45) is 1.96. The van der Waals surface area contributed by atoms with Gasteiger partial charge in [-0.2, -0.15) is 0 Å². The number of hydrogen-bond acceptors (Lipinski definition) is 9. The van der Waals surface area contributed by atoms with E-state index in [2.05, 4.69) is 70.8 Å². The number of amides is 4. The van der Waals surface area contributed by atoms with E-state index in [1.807, 2.05) is 66.2 Å². The predicted octanol–water partition coefficient (Wildman–Crippen LogP) is 7.96. The zero-order valence-electron chi connectivity index (χ0n) is 36.2. The lowest BCUT2D eigenvalue weighted by Crippen LogP contribution is -2.51. The van der Waals surface area contributed by atoms with E-state index in [1.165, 1.54) is 14.2 Å². The Balaban J connectivity index is 0.972. The second-order valence-electron chi connectivity index (χ2n) is 17.5. The minimum Gasteiger partial charge on any atom is -0.488 e. The van der Waals surface area contributed by atoms with Gasteiger partial charge in [-0.25, -0.2) is 19.6 Å². The number of carbonyl (C=O) groups is 4. The number of fused-ring (bicyclic) bond motifs is 6. The van der Waals surface area contributed by atoms with Crippen LogP contribution in [0.5, 0.6) is 5.75 Å². The summed E-state index contributed by atoms with van der Waals surface area (Å²) in [7, 11) is 2.58. The van der Waals surface area contributed by atoms with E-state index in [0.717, 1.165) is 61.9 Å². The van der Waals surface area contributed by atoms with E-state index in [4.69, 9.17) is 24.2 Å². The molecular formula is C48H52N8O7. The molecule has 3 aliphatic heterocycles. The maximum atomic E-state index is 14.3. The summed E-state index contributed by atoms with van der Waals surface area (Å²) in [6, 6.07) is 21.6. The average Bonchev–Trinajstić information content (AvgIpc) is 4.12. The van der Waals surface area contributed by atoms with E-state index in [1.54, 1.807) is 0 Å². The van der Waals surface area contributed by atoms with Crippen LogP contribution in [-0.4, -0.2) is 87.1 Å². The van der Waals surface area contributed by atoms with Gasteiger partial charge in [0.05, 0.1) is 49.2 Å². The van der Waals surface area contributed by atoms with Gasteiger partial charge in [0.15, 0.2) is 0 Å². The van der Waals surface area contributed by atoms with Crippen LogP contribution in [0.3, 0.4) is 0 Å². The van der Waals surface area contributed by atoms with Crippen molar-refractivity contribution in [1.82, 2.24) is 40.4 Å². The predicted molar refractivity (Wildman–Crippen MR) is 236 cm³/mol. The highest BCUT2D eigenvalue weighted by Crippen LogP contribution is 2.44. The number of aromatic amines is 2. The van der Waals surface area contributed by atoms with Gasteiger partial charge in [-0.1, -0.05) is 76.2 Å². The van der Waals surface area contributed by atoms with Gasteiger partial charge in [0.2, 0.25) is 5.91 Å². The third-order valence-electron chi connectivity index (χ3n) is 12.7. The van der Waals surface area contributed by atoms with Gasteiger partial charge < -0.3 is 44.6 Å². The van der Waals surface area contributed by atoms with Crippen molar-refractivity contribution in [3.63, 3.8) is 0 Å². The van der Waals surface area contributed by atoms with Gasteiger partial charge in [-0.15, -0.1) is 0 Å². The molecule has 15 nitrogen and oxygen atoms in total. The molecule has 0 aliphatic carbocycles. The Morgan fingerprint density at radius 1 is 0.794 bits per heavy atom. The van der Waals surface area contributed by atoms with E-state index in [-0.39, 0.29) is 41.7 Å². The summed E-state index contributed by atoms with van der Waals surface area (Å²) in [5, 5.41) is 7.41. The summed E-state index contributed by atoms with van der Waals surface area (Å²) in [6.45, 7) is 9.50. The van der Waals surface area contributed by atoms with Crippen LogP contribution < -0.4 is 15.4 Å². The van der Waals surface area contributed by atoms with Crippen LogP contribution in [0.2, 0.25) is 0 Å². The van der Waals surface area contributed by atoms with Crippen molar-refractivity contribution >= 4 is 45.8 Å². The number of likely N-dealkylation sites (tertiary alicyclic amines) is 2. The molecule has 2 fully saturated rings. The van der Waals surface area contributed by atoms with Crippen molar-refractivity contribution in [3.05, 3.63) is 102 Å². The first kappa shape index (κ1) is 41.5. The molecule has 9 rings (SSSR count). The number of rotatable bonds is 9. The number of imidazole rings is 2. The highest BCUT2D eigenvalue weighted by molar-refractivity contribution is 6.07. The number of H-pyrrole nitrogens is 2. The molecule has 326 valence electrons. The monoisotopic (exact) mass is 852 g/mol. The molecule has 0 spiro atoms. The zero-order chi connectivity index (χ0) is 44.1. The molecule has 4 aromatic carbocycles. The first-order valence-electron chi connectivity index (χ1n) is 21.5. The maximum absolute atomic E-state index is 14.3. The lowest BCUT2D eigenvalue weighted by Gasteiger charge is -2.30. The van der Waals surface area contributed by atoms with Gasteiger partial charge in [-0.3, -0.25) is 9.59 Å². The minimum atomic E-state index is -0.915. The molecule has 0 saturated carbocycles. The second-order valence-corrected chi connectivity index (χ2v) is 17.5. The number of hydrogen-bond donors (Lipinski definition) is 4. The quantitative estimate of drug-likeness (QED) is 0.112. The molecular weight excluding hydrogens is 801 g/mol. The smallest absolute Gasteiger partial charge is 0.407 e. The van der Waals surface area contributed by atoms with E-state index in [9.17, 15) is 19.2 Å². The fraction of sp³-hybridized carbons (Fsp3) is 0.375. The number of nitrogens with zero attached hydrogens (tertiary/aromatic N) is 4. The maximum Gasteiger partial charge on any atom is 0.407 e. The van der Waals surface area contributed by atoms with Crippen molar-refractivity contribution < 1.29 is 33.4 Å². The molecule has 4 amide bonds. The summed E-state index contributed by atoms with van der Waals surface area (Å²) >= 11 is 0. The molecule has 0 bridgehead atoms. The summed E-state index contributed by atoms with van der Waals surface area (Å²) in [4.78, 5) is 73.2. The lowest BCUT2D eigenvalue weighted by atomic mass is 9.92. The molecule has 5 heterocycles. The fourth-order valence-corrected chi connectivity index (χ4v) is 9.53. The molecule has 3 aliphatic rings. The van der Waals surface area contributed by atoms with Gasteiger partial charge >= 0.3 is 12.2 Å². The zero-order valence-corrected chi connectivity index (χ0v) is 36.2. The average molecular weight is 853 g/mol. The van der Waals surface area contributed by atoms with Crippen molar-refractivity contribution in [1.29, 1.82) is 0 Å². The van der Waals surface area contributed by atoms with Crippen molar-refractivity contribution in [2.75, 3.05) is 27.3 Å². The van der Waals surface area contributed by atoms with Crippen LogP contribution in [0.1, 0.15) is 81.4 Å². The SMILES string of the molecule is COC(=O)NC(C(=O)N1CC(C)CC1c1nc2c(ccc3cc4c(cc32)OCc2cc(-c3cnc(C5CC(C)CN5C(=O)C(NC(=O)OC)C(C)C)[nH]3)ccc2-4)[nH]1)c1ccccc1. The standard InChI is InChI=1S/C48H52N8O7/c1-25(2)40(53-47(59)61-5)45(57)55-22-26(3)16-37(55)43-49-21-36(51-43)30-12-14-32-31(18-30)24-63-39-20-33-29(19-34(32)39)13-15-35-42(33)52-44(50-35)38-17-27(4)23-56(38)46(58)41(54-48(60)62-6)28-10-8-7-9-11-28/h7-15,18-21,25-27,37-38,40-41H,16-17,22-24H2,1-6H3,(H,49,51)(H,50,52)(H,53,59)(H,54,60). The summed E-state index contributed by atoms with van der Waals surface area (Å²) in [5.74, 6) is 2.12. The fourth-order valence-electron chi connectivity index (χ4n) is 9.53. The Morgan fingerprint density at radius 2 is 1.49 bits per heavy atom. The van der Waals surface area contributed by atoms with Crippen LogP contribution in [0, 0.1) is 17.8 Å². The van der Waals surface area contributed by atoms with E-state index in [0.29, 0.717) is 43.3 Å². The number of ether oxygens (including phenoxy) is 3. The largest absolute Gasteiger partial charge is 0.488 e. The van der Waals surface area contributed by atoms with E-state index >= 15 is 0 Å². The lowest BCUT2D eigenvalue weighted by molar-refractivity contribution is -0.136. The molecule has 15 heteroatoms. The van der Waals surface area contributed by atoms with Crippen LogP contribution in [0.25, 0.3) is 44.2 Å². The molecule has 6 aromatic rings. The first-order valence-corrected chi connectivity index (χ1v) is 21.5. The van der Waals surface area contributed by atoms with Gasteiger partial charge in [0.25, 0.3) is 5.91 Å². The van der Waals surface area contributed by atoms with Crippen LogP contribution in [-0.2, 0) is 25.7 Å². The van der Waals surface area contributed by atoms with Crippen molar-refractivity contribution in [2.24, 2.45) is 17.8 Å². The summed E-state index contributed by atoms with van der Waals surface area (Å²) in [5.41, 5.74) is 7.20. The Hall–Kier alpha value is -6.90. The van der Waals surface area contributed by atoms with E-state index < -0.39 is 24.3 Å². The minimum absolute atomic E-state index is 0.130. The van der Waals surface area contributed by atoms with Crippen LogP contribution in [0.4, 0.5) is 9.59 Å². The van der Waals surface area contributed by atoms with Crippen molar-refractivity contribution in [2.45, 2.75) is 71.3 Å². The van der Waals surface area contributed by atoms with Crippen LogP contribution in [0.15, 0.2) is 79.0 Å². The Labute approximate surface area is 364 Å². The third-order valence-corrected chi connectivity index (χ3v) is 12.7. The normalized spacial score (nSPS) is 20.2. The molecule has 4 N–H and O–H groups in total. The molecule has 2 saturated heterocycles. The number of nitrogens with one attached hydrogen (secondary N) is 4. The Kier molecular flexibility index (Phi) is 11.0. The molecule has 6 atom stereocenters. The molecule has 2 aromatic heterocycles. The topological polar surface area (TPSA) is 184 Å². The van der Waals surface area contributed by atoms with Crippen LogP contribution >= 0.6 is 0 Å².